The molecular weight excluding hydrogens is 436 g/mol. The second-order valence-electron chi connectivity index (χ2n) is 8.91. The molecule has 5 heteroatoms. The Balaban J connectivity index is 1.60. The summed E-state index contributed by atoms with van der Waals surface area (Å²) >= 11 is 0. The lowest BCUT2D eigenvalue weighted by molar-refractivity contribution is 0.101. The van der Waals surface area contributed by atoms with Crippen molar-refractivity contribution >= 4 is 11.9 Å². The number of para-hydroxylation sites is 1. The molecule has 0 aliphatic carbocycles. The lowest BCUT2D eigenvalue weighted by atomic mass is 10.0. The van der Waals surface area contributed by atoms with Gasteiger partial charge in [0, 0.05) is 17.3 Å². The zero-order valence-electron chi connectivity index (χ0n) is 20.5. The molecule has 0 bridgehead atoms. The number of carbonyl (C=O) groups is 1. The number of hydrogen-bond acceptors (Lipinski definition) is 4. The maximum absolute atomic E-state index is 13.2. The first kappa shape index (κ1) is 22.7. The van der Waals surface area contributed by atoms with Gasteiger partial charge in [0.15, 0.2) is 5.76 Å². The highest BCUT2D eigenvalue weighted by atomic mass is 16.5. The van der Waals surface area contributed by atoms with Gasteiger partial charge in [-0.05, 0) is 92.4 Å². The van der Waals surface area contributed by atoms with Gasteiger partial charge in [0.05, 0.1) is 17.9 Å². The van der Waals surface area contributed by atoms with Crippen LogP contribution < -0.4 is 9.47 Å². The van der Waals surface area contributed by atoms with E-state index in [1.54, 1.807) is 6.08 Å². The second-order valence-corrected chi connectivity index (χ2v) is 8.91. The Morgan fingerprint density at radius 3 is 2.46 bits per heavy atom. The van der Waals surface area contributed by atoms with Crippen LogP contribution in [-0.4, -0.2) is 22.2 Å². The second kappa shape index (κ2) is 9.26. The van der Waals surface area contributed by atoms with Gasteiger partial charge in [0.1, 0.15) is 17.2 Å². The molecule has 1 aromatic heterocycles. The number of Topliss-reactive ketones (excluding diaryl/α,β-unsaturated/α-hetero) is 1. The van der Waals surface area contributed by atoms with E-state index < -0.39 is 0 Å². The van der Waals surface area contributed by atoms with E-state index in [0.29, 0.717) is 23.7 Å². The maximum atomic E-state index is 13.2. The predicted molar refractivity (Wildman–Crippen MR) is 138 cm³/mol. The predicted octanol–water partition coefficient (Wildman–Crippen LogP) is 6.87. The minimum Gasteiger partial charge on any atom is -0.494 e. The van der Waals surface area contributed by atoms with E-state index in [1.807, 2.05) is 92.3 Å². The average Bonchev–Trinajstić information content (AvgIpc) is 3.40. The minimum absolute atomic E-state index is 0.110. The molecule has 0 atom stereocenters. The highest BCUT2D eigenvalue weighted by Gasteiger charge is 2.29. The molecule has 0 unspecified atom stereocenters. The average molecular weight is 465 g/mol. The Morgan fingerprint density at radius 2 is 1.71 bits per heavy atom. The zero-order valence-corrected chi connectivity index (χ0v) is 20.5. The van der Waals surface area contributed by atoms with Crippen LogP contribution in [0.5, 0.6) is 11.5 Å². The summed E-state index contributed by atoms with van der Waals surface area (Å²) in [5.41, 5.74) is 7.31. The maximum Gasteiger partial charge on any atom is 0.231 e. The SMILES string of the molecule is CCCOc1ccc(-c2nn(-c3ccccc3)cc2/C=C2\Oc3cc(C)c(C)cc3C2=O)c(C)c1. The van der Waals surface area contributed by atoms with Gasteiger partial charge in [0.25, 0.3) is 0 Å². The molecule has 2 heterocycles. The lowest BCUT2D eigenvalue weighted by Crippen LogP contribution is -1.99. The normalized spacial score (nSPS) is 13.7. The van der Waals surface area contributed by atoms with Crippen molar-refractivity contribution in [1.29, 1.82) is 0 Å². The fourth-order valence-corrected chi connectivity index (χ4v) is 4.21. The van der Waals surface area contributed by atoms with Gasteiger partial charge in [-0.1, -0.05) is 25.1 Å². The number of aryl methyl sites for hydroxylation is 3. The molecule has 176 valence electrons. The molecule has 1 aliphatic rings. The highest BCUT2D eigenvalue weighted by molar-refractivity contribution is 6.14. The van der Waals surface area contributed by atoms with E-state index in [2.05, 4.69) is 6.92 Å². The number of ketones is 1. The molecule has 0 N–H and O–H groups in total. The molecule has 0 saturated heterocycles. The first-order chi connectivity index (χ1) is 16.9. The van der Waals surface area contributed by atoms with Crippen LogP contribution in [0, 0.1) is 20.8 Å². The number of allylic oxidation sites excluding steroid dienone is 1. The van der Waals surface area contributed by atoms with Crippen molar-refractivity contribution in [3.8, 4) is 28.4 Å². The number of carbonyl (C=O) groups excluding carboxylic acids is 1. The molecule has 4 aromatic rings. The lowest BCUT2D eigenvalue weighted by Gasteiger charge is -2.09. The standard InChI is InChI=1S/C30H28N2O3/c1-5-13-34-24-11-12-25(21(4)14-24)29-22(18-32(31-29)23-9-7-6-8-10-23)17-28-30(33)26-15-19(2)20(3)16-27(26)35-28/h6-12,14-18H,5,13H2,1-4H3/b28-17-. The summed E-state index contributed by atoms with van der Waals surface area (Å²) in [6.45, 7) is 8.83. The van der Waals surface area contributed by atoms with E-state index in [-0.39, 0.29) is 5.78 Å². The summed E-state index contributed by atoms with van der Waals surface area (Å²) in [5, 5.41) is 4.91. The van der Waals surface area contributed by atoms with Crippen LogP contribution in [0.2, 0.25) is 0 Å². The molecular formula is C30H28N2O3. The quantitative estimate of drug-likeness (QED) is 0.292. The van der Waals surface area contributed by atoms with Crippen LogP contribution >= 0.6 is 0 Å². The minimum atomic E-state index is -0.110. The highest BCUT2D eigenvalue weighted by Crippen LogP contribution is 2.36. The molecule has 0 saturated carbocycles. The van der Waals surface area contributed by atoms with E-state index in [4.69, 9.17) is 14.6 Å². The van der Waals surface area contributed by atoms with E-state index in [9.17, 15) is 4.79 Å². The van der Waals surface area contributed by atoms with Crippen LogP contribution in [0.15, 0.2) is 72.6 Å². The Morgan fingerprint density at radius 1 is 0.943 bits per heavy atom. The third-order valence-electron chi connectivity index (χ3n) is 6.26. The topological polar surface area (TPSA) is 53.4 Å². The Bertz CT molecular complexity index is 1450. The van der Waals surface area contributed by atoms with Crippen molar-refractivity contribution in [2.75, 3.05) is 6.61 Å². The Kier molecular flexibility index (Phi) is 6.00. The van der Waals surface area contributed by atoms with Gasteiger partial charge < -0.3 is 9.47 Å². The first-order valence-corrected chi connectivity index (χ1v) is 11.9. The smallest absolute Gasteiger partial charge is 0.231 e. The Hall–Kier alpha value is -4.12. The van der Waals surface area contributed by atoms with Gasteiger partial charge in [-0.25, -0.2) is 4.68 Å². The van der Waals surface area contributed by atoms with E-state index >= 15 is 0 Å². The van der Waals surface area contributed by atoms with Crippen molar-refractivity contribution < 1.29 is 14.3 Å². The number of fused-ring (bicyclic) bond motifs is 1. The van der Waals surface area contributed by atoms with Gasteiger partial charge in [-0.2, -0.15) is 5.10 Å². The van der Waals surface area contributed by atoms with Crippen LogP contribution in [-0.2, 0) is 0 Å². The molecule has 3 aromatic carbocycles. The first-order valence-electron chi connectivity index (χ1n) is 11.9. The van der Waals surface area contributed by atoms with Crippen LogP contribution in [0.25, 0.3) is 23.0 Å². The Labute approximate surface area is 205 Å². The van der Waals surface area contributed by atoms with Crippen LogP contribution in [0.3, 0.4) is 0 Å². The number of ether oxygens (including phenoxy) is 2. The summed E-state index contributed by atoms with van der Waals surface area (Å²) in [6.07, 6.45) is 4.69. The van der Waals surface area contributed by atoms with E-state index in [0.717, 1.165) is 51.4 Å². The fourth-order valence-electron chi connectivity index (χ4n) is 4.21. The van der Waals surface area contributed by atoms with Crippen LogP contribution in [0.1, 0.15) is 46.0 Å². The summed E-state index contributed by atoms with van der Waals surface area (Å²) in [6, 6.07) is 19.8. The molecule has 5 nitrogen and oxygen atoms in total. The summed E-state index contributed by atoms with van der Waals surface area (Å²) in [5.74, 6) is 1.64. The molecule has 0 spiro atoms. The van der Waals surface area contributed by atoms with Gasteiger partial charge in [0.2, 0.25) is 5.78 Å². The van der Waals surface area contributed by atoms with Gasteiger partial charge in [-0.15, -0.1) is 0 Å². The van der Waals surface area contributed by atoms with Gasteiger partial charge >= 0.3 is 0 Å². The van der Waals surface area contributed by atoms with Crippen LogP contribution in [0.4, 0.5) is 0 Å². The summed E-state index contributed by atoms with van der Waals surface area (Å²) in [4.78, 5) is 13.2. The molecule has 0 radical (unpaired) electrons. The van der Waals surface area contributed by atoms with Crippen molar-refractivity contribution in [2.45, 2.75) is 34.1 Å². The summed E-state index contributed by atoms with van der Waals surface area (Å²) < 4.78 is 13.7. The van der Waals surface area contributed by atoms with Crippen molar-refractivity contribution in [3.63, 3.8) is 0 Å². The molecule has 1 aliphatic heterocycles. The molecule has 0 amide bonds. The molecule has 0 fully saturated rings. The van der Waals surface area contributed by atoms with Crippen molar-refractivity contribution in [2.24, 2.45) is 0 Å². The number of aromatic nitrogens is 2. The third-order valence-corrected chi connectivity index (χ3v) is 6.26. The fraction of sp³-hybridized carbons (Fsp3) is 0.200. The molecule has 5 rings (SSSR count). The van der Waals surface area contributed by atoms with Gasteiger partial charge in [-0.3, -0.25) is 4.79 Å². The zero-order chi connectivity index (χ0) is 24.5. The number of rotatable bonds is 6. The van der Waals surface area contributed by atoms with Crippen molar-refractivity contribution in [3.05, 3.63) is 100 Å². The van der Waals surface area contributed by atoms with E-state index in [1.165, 1.54) is 0 Å². The number of hydrogen-bond donors (Lipinski definition) is 0. The largest absolute Gasteiger partial charge is 0.494 e. The number of nitrogens with zero attached hydrogens (tertiary/aromatic N) is 2. The summed E-state index contributed by atoms with van der Waals surface area (Å²) in [7, 11) is 0. The van der Waals surface area contributed by atoms with Crippen molar-refractivity contribution in [1.82, 2.24) is 9.78 Å². The number of benzene rings is 3. The monoisotopic (exact) mass is 464 g/mol. The third kappa shape index (κ3) is 4.37. The molecule has 35 heavy (non-hydrogen) atoms.